The standard InChI is InChI=1S/C13H26FN/c1-12(2,3)10-9-15(13(4,5)6)8-7-11(10)14/h10-11H,7-9H2,1-6H3. The summed E-state index contributed by atoms with van der Waals surface area (Å²) in [4.78, 5) is 2.42. The zero-order valence-corrected chi connectivity index (χ0v) is 11.1. The molecule has 0 aromatic heterocycles. The van der Waals surface area contributed by atoms with Crippen LogP contribution >= 0.6 is 0 Å². The highest BCUT2D eigenvalue weighted by molar-refractivity contribution is 4.91. The van der Waals surface area contributed by atoms with E-state index in [1.165, 1.54) is 0 Å². The SMILES string of the molecule is CC(C)(C)C1CN(C(C)(C)C)CCC1F. The second kappa shape index (κ2) is 4.04. The Morgan fingerprint density at radius 3 is 2.00 bits per heavy atom. The van der Waals surface area contributed by atoms with Crippen molar-refractivity contribution in [3.63, 3.8) is 0 Å². The van der Waals surface area contributed by atoms with Crippen molar-refractivity contribution in [3.05, 3.63) is 0 Å². The second-order valence-electron chi connectivity index (χ2n) is 6.89. The van der Waals surface area contributed by atoms with Gasteiger partial charge in [-0.3, -0.25) is 4.90 Å². The van der Waals surface area contributed by atoms with Gasteiger partial charge in [-0.05, 0) is 32.6 Å². The molecule has 90 valence electrons. The molecule has 0 radical (unpaired) electrons. The molecule has 1 rings (SSSR count). The number of halogens is 1. The zero-order valence-electron chi connectivity index (χ0n) is 11.1. The smallest absolute Gasteiger partial charge is 0.106 e. The van der Waals surface area contributed by atoms with Crippen LogP contribution in [-0.4, -0.2) is 29.7 Å². The summed E-state index contributed by atoms with van der Waals surface area (Å²) in [6, 6.07) is 0. The van der Waals surface area contributed by atoms with Gasteiger partial charge in [0, 0.05) is 24.5 Å². The number of nitrogens with zero attached hydrogens (tertiary/aromatic N) is 1. The molecule has 0 aromatic carbocycles. The maximum atomic E-state index is 13.9. The first-order valence-corrected chi connectivity index (χ1v) is 6.01. The van der Waals surface area contributed by atoms with Gasteiger partial charge in [0.2, 0.25) is 0 Å². The quantitative estimate of drug-likeness (QED) is 0.598. The van der Waals surface area contributed by atoms with Crippen LogP contribution in [0.4, 0.5) is 4.39 Å². The van der Waals surface area contributed by atoms with E-state index in [2.05, 4.69) is 46.4 Å². The molecule has 15 heavy (non-hydrogen) atoms. The van der Waals surface area contributed by atoms with Gasteiger partial charge in [-0.15, -0.1) is 0 Å². The molecule has 0 amide bonds. The Bertz CT molecular complexity index is 212. The van der Waals surface area contributed by atoms with Crippen LogP contribution in [0.1, 0.15) is 48.0 Å². The molecule has 1 aliphatic heterocycles. The number of piperidine rings is 1. The Balaban J connectivity index is 2.73. The van der Waals surface area contributed by atoms with E-state index in [9.17, 15) is 4.39 Å². The zero-order chi connectivity index (χ0) is 11.9. The van der Waals surface area contributed by atoms with E-state index in [1.54, 1.807) is 0 Å². The minimum absolute atomic E-state index is 0.0728. The summed E-state index contributed by atoms with van der Waals surface area (Å²) in [7, 11) is 0. The van der Waals surface area contributed by atoms with E-state index in [0.29, 0.717) is 6.42 Å². The number of rotatable bonds is 0. The average molecular weight is 215 g/mol. The van der Waals surface area contributed by atoms with Crippen LogP contribution in [0.25, 0.3) is 0 Å². The first-order valence-electron chi connectivity index (χ1n) is 6.01. The van der Waals surface area contributed by atoms with Gasteiger partial charge >= 0.3 is 0 Å². The first kappa shape index (κ1) is 13.0. The summed E-state index contributed by atoms with van der Waals surface area (Å²) in [5.41, 5.74) is 0.243. The number of alkyl halides is 1. The lowest BCUT2D eigenvalue weighted by molar-refractivity contribution is -0.0129. The third-order valence-electron chi connectivity index (χ3n) is 3.59. The van der Waals surface area contributed by atoms with E-state index >= 15 is 0 Å². The van der Waals surface area contributed by atoms with Gasteiger partial charge in [0.05, 0.1) is 0 Å². The lowest BCUT2D eigenvalue weighted by Gasteiger charge is -2.46. The van der Waals surface area contributed by atoms with Crippen molar-refractivity contribution in [2.45, 2.75) is 59.7 Å². The third-order valence-corrected chi connectivity index (χ3v) is 3.59. The van der Waals surface area contributed by atoms with E-state index in [1.807, 2.05) is 0 Å². The van der Waals surface area contributed by atoms with Crippen LogP contribution in [0, 0.1) is 11.3 Å². The van der Waals surface area contributed by atoms with Crippen molar-refractivity contribution in [3.8, 4) is 0 Å². The number of hydrogen-bond acceptors (Lipinski definition) is 1. The monoisotopic (exact) mass is 215 g/mol. The van der Waals surface area contributed by atoms with Gasteiger partial charge in [0.1, 0.15) is 6.17 Å². The van der Waals surface area contributed by atoms with Gasteiger partial charge in [-0.25, -0.2) is 4.39 Å². The van der Waals surface area contributed by atoms with Crippen LogP contribution < -0.4 is 0 Å². The first-order chi connectivity index (χ1) is 6.62. The Kier molecular flexibility index (Phi) is 3.49. The van der Waals surface area contributed by atoms with Crippen molar-refractivity contribution in [2.24, 2.45) is 11.3 Å². The highest BCUT2D eigenvalue weighted by Gasteiger charge is 2.39. The van der Waals surface area contributed by atoms with Crippen LogP contribution in [0.15, 0.2) is 0 Å². The summed E-state index contributed by atoms with van der Waals surface area (Å²) in [5.74, 6) is 0.172. The van der Waals surface area contributed by atoms with Crippen LogP contribution in [0.2, 0.25) is 0 Å². The second-order valence-corrected chi connectivity index (χ2v) is 6.89. The Morgan fingerprint density at radius 1 is 1.07 bits per heavy atom. The normalized spacial score (nSPS) is 30.6. The van der Waals surface area contributed by atoms with E-state index in [-0.39, 0.29) is 16.9 Å². The summed E-state index contributed by atoms with van der Waals surface area (Å²) in [5, 5.41) is 0. The lowest BCUT2D eigenvalue weighted by Crippen LogP contribution is -2.53. The number of hydrogen-bond donors (Lipinski definition) is 0. The molecule has 1 nitrogen and oxygen atoms in total. The van der Waals surface area contributed by atoms with E-state index in [4.69, 9.17) is 0 Å². The van der Waals surface area contributed by atoms with Crippen LogP contribution in [-0.2, 0) is 0 Å². The molecule has 2 atom stereocenters. The minimum Gasteiger partial charge on any atom is -0.298 e. The fourth-order valence-electron chi connectivity index (χ4n) is 2.35. The van der Waals surface area contributed by atoms with Crippen LogP contribution in [0.5, 0.6) is 0 Å². The highest BCUT2D eigenvalue weighted by atomic mass is 19.1. The van der Waals surface area contributed by atoms with Crippen molar-refractivity contribution in [1.82, 2.24) is 4.90 Å². The molecule has 0 aliphatic carbocycles. The highest BCUT2D eigenvalue weighted by Crippen LogP contribution is 2.37. The molecule has 0 N–H and O–H groups in total. The lowest BCUT2D eigenvalue weighted by atomic mass is 9.74. The van der Waals surface area contributed by atoms with Crippen LogP contribution in [0.3, 0.4) is 0 Å². The van der Waals surface area contributed by atoms with Crippen molar-refractivity contribution >= 4 is 0 Å². The molecule has 1 aliphatic rings. The average Bonchev–Trinajstić information content (AvgIpc) is 2.00. The molecular weight excluding hydrogens is 189 g/mol. The van der Waals surface area contributed by atoms with Crippen molar-refractivity contribution in [2.75, 3.05) is 13.1 Å². The van der Waals surface area contributed by atoms with E-state index < -0.39 is 6.17 Å². The molecule has 0 spiro atoms. The van der Waals surface area contributed by atoms with E-state index in [0.717, 1.165) is 13.1 Å². The Morgan fingerprint density at radius 2 is 1.60 bits per heavy atom. The van der Waals surface area contributed by atoms with Crippen molar-refractivity contribution < 1.29 is 4.39 Å². The molecule has 0 saturated carbocycles. The molecule has 1 saturated heterocycles. The van der Waals surface area contributed by atoms with Gasteiger partial charge in [-0.1, -0.05) is 20.8 Å². The third kappa shape index (κ3) is 3.17. The topological polar surface area (TPSA) is 3.24 Å². The van der Waals surface area contributed by atoms with Gasteiger partial charge in [0.15, 0.2) is 0 Å². The minimum atomic E-state index is -0.622. The predicted octanol–water partition coefficient (Wildman–Crippen LogP) is 3.49. The molecule has 1 fully saturated rings. The summed E-state index contributed by atoms with van der Waals surface area (Å²) < 4.78 is 13.9. The summed E-state index contributed by atoms with van der Waals surface area (Å²) >= 11 is 0. The Labute approximate surface area is 94.0 Å². The molecule has 1 heterocycles. The van der Waals surface area contributed by atoms with Gasteiger partial charge < -0.3 is 0 Å². The van der Waals surface area contributed by atoms with Gasteiger partial charge in [0.25, 0.3) is 0 Å². The predicted molar refractivity (Wildman–Crippen MR) is 63.8 cm³/mol. The molecule has 0 aromatic rings. The summed E-state index contributed by atoms with van der Waals surface area (Å²) in [6.45, 7) is 14.9. The largest absolute Gasteiger partial charge is 0.298 e. The van der Waals surface area contributed by atoms with Gasteiger partial charge in [-0.2, -0.15) is 0 Å². The summed E-state index contributed by atoms with van der Waals surface area (Å²) in [6.07, 6.45) is 0.0720. The molecule has 2 unspecified atom stereocenters. The fraction of sp³-hybridized carbons (Fsp3) is 1.00. The maximum absolute atomic E-state index is 13.9. The molecule has 2 heteroatoms. The number of likely N-dealkylation sites (tertiary alicyclic amines) is 1. The molecular formula is C13H26FN. The maximum Gasteiger partial charge on any atom is 0.106 e. The van der Waals surface area contributed by atoms with Crippen molar-refractivity contribution in [1.29, 1.82) is 0 Å². The Hall–Kier alpha value is -0.110. The molecule has 0 bridgehead atoms. The fourth-order valence-corrected chi connectivity index (χ4v) is 2.35.